The van der Waals surface area contributed by atoms with Gasteiger partial charge >= 0.3 is 0 Å². The van der Waals surface area contributed by atoms with Crippen LogP contribution in [0.2, 0.25) is 0 Å². The summed E-state index contributed by atoms with van der Waals surface area (Å²) in [6.45, 7) is 6.28. The molecule has 5 nitrogen and oxygen atoms in total. The lowest BCUT2D eigenvalue weighted by molar-refractivity contribution is -0.0625. The van der Waals surface area contributed by atoms with E-state index < -0.39 is 0 Å². The van der Waals surface area contributed by atoms with Gasteiger partial charge in [-0.15, -0.1) is 0 Å². The van der Waals surface area contributed by atoms with Crippen molar-refractivity contribution in [2.45, 2.75) is 32.7 Å². The van der Waals surface area contributed by atoms with Crippen LogP contribution in [-0.2, 0) is 18.5 Å². The van der Waals surface area contributed by atoms with Gasteiger partial charge in [-0.3, -0.25) is 4.90 Å². The Morgan fingerprint density at radius 2 is 2.09 bits per heavy atom. The molecule has 2 heterocycles. The van der Waals surface area contributed by atoms with E-state index in [1.165, 1.54) is 6.07 Å². The Kier molecular flexibility index (Phi) is 4.61. The SMILES string of the molecule is CC1CN(Cn2nc(-c3ccccc3F)n(C)c2=S)C(C)CO1. The van der Waals surface area contributed by atoms with Gasteiger partial charge in [0.05, 0.1) is 24.9 Å². The molecule has 2 unspecified atom stereocenters. The fourth-order valence-corrected chi connectivity index (χ4v) is 2.98. The van der Waals surface area contributed by atoms with Crippen molar-refractivity contribution in [1.82, 2.24) is 19.2 Å². The van der Waals surface area contributed by atoms with Crippen LogP contribution < -0.4 is 0 Å². The van der Waals surface area contributed by atoms with Gasteiger partial charge in [0.1, 0.15) is 5.82 Å². The summed E-state index contributed by atoms with van der Waals surface area (Å²) in [5.41, 5.74) is 0.461. The summed E-state index contributed by atoms with van der Waals surface area (Å²) in [6, 6.07) is 6.92. The van der Waals surface area contributed by atoms with E-state index in [-0.39, 0.29) is 11.9 Å². The van der Waals surface area contributed by atoms with Crippen molar-refractivity contribution < 1.29 is 9.13 Å². The van der Waals surface area contributed by atoms with Crippen LogP contribution in [0.3, 0.4) is 0 Å². The van der Waals surface area contributed by atoms with Crippen molar-refractivity contribution in [3.05, 3.63) is 34.9 Å². The normalized spacial score (nSPS) is 22.4. The molecule has 0 N–H and O–H groups in total. The van der Waals surface area contributed by atoms with Crippen LogP contribution in [-0.4, -0.2) is 44.5 Å². The smallest absolute Gasteiger partial charge is 0.199 e. The van der Waals surface area contributed by atoms with Crippen LogP contribution in [0.4, 0.5) is 4.39 Å². The van der Waals surface area contributed by atoms with Crippen molar-refractivity contribution in [2.24, 2.45) is 7.05 Å². The highest BCUT2D eigenvalue weighted by Crippen LogP contribution is 2.21. The van der Waals surface area contributed by atoms with Gasteiger partial charge in [0.15, 0.2) is 10.6 Å². The van der Waals surface area contributed by atoms with Crippen molar-refractivity contribution >= 4 is 12.2 Å². The fraction of sp³-hybridized carbons (Fsp3) is 0.500. The maximum atomic E-state index is 14.0. The molecule has 0 saturated carbocycles. The third-order valence-electron chi connectivity index (χ3n) is 4.21. The van der Waals surface area contributed by atoms with Gasteiger partial charge in [-0.05, 0) is 38.2 Å². The van der Waals surface area contributed by atoms with Crippen molar-refractivity contribution in [3.8, 4) is 11.4 Å². The average molecular weight is 336 g/mol. The first kappa shape index (κ1) is 16.3. The zero-order valence-electron chi connectivity index (χ0n) is 13.6. The van der Waals surface area contributed by atoms with Gasteiger partial charge in [0.25, 0.3) is 0 Å². The van der Waals surface area contributed by atoms with Gasteiger partial charge in [-0.2, -0.15) is 5.10 Å². The highest BCUT2D eigenvalue weighted by Gasteiger charge is 2.24. The van der Waals surface area contributed by atoms with Crippen molar-refractivity contribution in [3.63, 3.8) is 0 Å². The minimum Gasteiger partial charge on any atom is -0.376 e. The number of benzene rings is 1. The Morgan fingerprint density at radius 3 is 2.83 bits per heavy atom. The van der Waals surface area contributed by atoms with Crippen LogP contribution in [0.25, 0.3) is 11.4 Å². The molecule has 124 valence electrons. The Hall–Kier alpha value is -1.57. The van der Waals surface area contributed by atoms with Crippen LogP contribution in [0.15, 0.2) is 24.3 Å². The third kappa shape index (κ3) is 3.22. The summed E-state index contributed by atoms with van der Waals surface area (Å²) in [5.74, 6) is 0.248. The van der Waals surface area contributed by atoms with Gasteiger partial charge < -0.3 is 9.30 Å². The predicted molar refractivity (Wildman–Crippen MR) is 89.0 cm³/mol. The Morgan fingerprint density at radius 1 is 1.35 bits per heavy atom. The first-order chi connectivity index (χ1) is 11.0. The van der Waals surface area contributed by atoms with Gasteiger partial charge in [0, 0.05) is 19.6 Å². The van der Waals surface area contributed by atoms with E-state index in [0.29, 0.717) is 35.5 Å². The molecule has 2 atom stereocenters. The van der Waals surface area contributed by atoms with E-state index in [1.807, 2.05) is 7.05 Å². The Labute approximate surface area is 140 Å². The molecule has 1 fully saturated rings. The number of nitrogens with zero attached hydrogens (tertiary/aromatic N) is 4. The first-order valence-corrected chi connectivity index (χ1v) is 8.12. The van der Waals surface area contributed by atoms with E-state index in [1.54, 1.807) is 27.4 Å². The quantitative estimate of drug-likeness (QED) is 0.808. The number of rotatable bonds is 3. The molecule has 0 spiro atoms. The first-order valence-electron chi connectivity index (χ1n) is 7.71. The van der Waals surface area contributed by atoms with E-state index in [2.05, 4.69) is 23.8 Å². The maximum absolute atomic E-state index is 14.0. The zero-order valence-corrected chi connectivity index (χ0v) is 14.4. The lowest BCUT2D eigenvalue weighted by Crippen LogP contribution is -2.47. The summed E-state index contributed by atoms with van der Waals surface area (Å²) < 4.78 is 23.8. The molecule has 23 heavy (non-hydrogen) atoms. The molecule has 1 aromatic carbocycles. The monoisotopic (exact) mass is 336 g/mol. The largest absolute Gasteiger partial charge is 0.376 e. The van der Waals surface area contributed by atoms with Crippen LogP contribution in [0.5, 0.6) is 0 Å². The molecule has 7 heteroatoms. The molecule has 1 aromatic heterocycles. The minimum atomic E-state index is -0.295. The number of halogens is 1. The molecule has 0 radical (unpaired) electrons. The second-order valence-electron chi connectivity index (χ2n) is 6.05. The second kappa shape index (κ2) is 6.51. The summed E-state index contributed by atoms with van der Waals surface area (Å²) in [6.07, 6.45) is 0.190. The lowest BCUT2D eigenvalue weighted by Gasteiger charge is -2.36. The molecule has 3 rings (SSSR count). The molecule has 0 bridgehead atoms. The molecule has 1 saturated heterocycles. The average Bonchev–Trinajstić information content (AvgIpc) is 2.80. The summed E-state index contributed by atoms with van der Waals surface area (Å²) >= 11 is 5.48. The standard InChI is InChI=1S/C16H21FN4OS/c1-11-9-22-12(2)8-20(11)10-21-16(23)19(3)15(18-21)13-6-4-5-7-14(13)17/h4-7,11-12H,8-10H2,1-3H3. The predicted octanol–water partition coefficient (Wildman–Crippen LogP) is 2.82. The van der Waals surface area contributed by atoms with E-state index in [0.717, 1.165) is 6.54 Å². The van der Waals surface area contributed by atoms with Gasteiger partial charge in [-0.1, -0.05) is 12.1 Å². The highest BCUT2D eigenvalue weighted by atomic mass is 32.1. The lowest BCUT2D eigenvalue weighted by atomic mass is 10.2. The van der Waals surface area contributed by atoms with E-state index in [9.17, 15) is 4.39 Å². The summed E-state index contributed by atoms with van der Waals surface area (Å²) in [7, 11) is 1.82. The molecule has 0 aliphatic carbocycles. The molecule has 0 amide bonds. The fourth-order valence-electron chi connectivity index (χ4n) is 2.80. The zero-order chi connectivity index (χ0) is 16.6. The molecule has 1 aliphatic heterocycles. The van der Waals surface area contributed by atoms with E-state index in [4.69, 9.17) is 17.0 Å². The van der Waals surface area contributed by atoms with Crippen molar-refractivity contribution in [1.29, 1.82) is 0 Å². The number of morpholine rings is 1. The number of hydrogen-bond acceptors (Lipinski definition) is 4. The molecule has 2 aromatic rings. The van der Waals surface area contributed by atoms with Crippen molar-refractivity contribution in [2.75, 3.05) is 13.2 Å². The Balaban J connectivity index is 1.91. The topological polar surface area (TPSA) is 35.2 Å². The minimum absolute atomic E-state index is 0.190. The van der Waals surface area contributed by atoms with E-state index >= 15 is 0 Å². The number of hydrogen-bond donors (Lipinski definition) is 0. The number of ether oxygens (including phenoxy) is 1. The highest BCUT2D eigenvalue weighted by molar-refractivity contribution is 7.71. The second-order valence-corrected chi connectivity index (χ2v) is 6.42. The van der Waals surface area contributed by atoms with Crippen LogP contribution in [0, 0.1) is 10.6 Å². The van der Waals surface area contributed by atoms with Gasteiger partial charge in [-0.25, -0.2) is 9.07 Å². The van der Waals surface area contributed by atoms with Gasteiger partial charge in [0.2, 0.25) is 0 Å². The molecular formula is C16H21FN4OS. The summed E-state index contributed by atoms with van der Waals surface area (Å²) in [4.78, 5) is 2.28. The maximum Gasteiger partial charge on any atom is 0.199 e. The number of aromatic nitrogens is 3. The Bertz CT molecular complexity index is 757. The van der Waals surface area contributed by atoms with Crippen LogP contribution >= 0.6 is 12.2 Å². The molecular weight excluding hydrogens is 315 g/mol. The molecule has 1 aliphatic rings. The van der Waals surface area contributed by atoms with Crippen LogP contribution in [0.1, 0.15) is 13.8 Å². The summed E-state index contributed by atoms with van der Waals surface area (Å²) in [5, 5.41) is 4.55. The third-order valence-corrected chi connectivity index (χ3v) is 4.69.